The lowest BCUT2D eigenvalue weighted by Gasteiger charge is -2.20. The van der Waals surface area contributed by atoms with Gasteiger partial charge in [0.1, 0.15) is 5.92 Å². The summed E-state index contributed by atoms with van der Waals surface area (Å²) in [4.78, 5) is 0. The average Bonchev–Trinajstić information content (AvgIpc) is 2.29. The van der Waals surface area contributed by atoms with Crippen molar-refractivity contribution in [2.45, 2.75) is 6.18 Å². The molecule has 0 heterocycles. The maximum Gasteiger partial charge on any atom is 0.400 e. The highest BCUT2D eigenvalue weighted by molar-refractivity contribution is 9.10. The van der Waals surface area contributed by atoms with Gasteiger partial charge in [0, 0.05) is 16.7 Å². The van der Waals surface area contributed by atoms with Crippen LogP contribution in [0.1, 0.15) is 0 Å². The van der Waals surface area contributed by atoms with Crippen LogP contribution in [0.2, 0.25) is 0 Å². The lowest BCUT2D eigenvalue weighted by atomic mass is 10.1. The predicted molar refractivity (Wildman–Crippen MR) is 65.6 cm³/mol. The van der Waals surface area contributed by atoms with Gasteiger partial charge >= 0.3 is 6.18 Å². The van der Waals surface area contributed by atoms with Crippen molar-refractivity contribution in [2.75, 3.05) is 11.9 Å². The van der Waals surface area contributed by atoms with Gasteiger partial charge in [-0.15, -0.1) is 0 Å². The minimum absolute atomic E-state index is 0.498. The molecule has 1 aromatic rings. The molecular weight excluding hydrogens is 315 g/mol. The Bertz CT molecular complexity index is 437. The number of anilines is 1. The molecule has 4 nitrogen and oxygen atoms in total. The summed E-state index contributed by atoms with van der Waals surface area (Å²) >= 11 is 3.20. The summed E-state index contributed by atoms with van der Waals surface area (Å²) in [6.07, 6.45) is -4.58. The number of hydrogen-bond acceptors (Lipinski definition) is 3. The average molecular weight is 326 g/mol. The first kappa shape index (κ1) is 14.6. The summed E-state index contributed by atoms with van der Waals surface area (Å²) in [5.74, 6) is -2.92. The molecule has 0 fully saturated rings. The quantitative estimate of drug-likeness (QED) is 0.345. The minimum atomic E-state index is -4.58. The first-order valence-corrected chi connectivity index (χ1v) is 5.68. The van der Waals surface area contributed by atoms with Gasteiger partial charge in [-0.05, 0) is 28.1 Å². The topological polar surface area (TPSA) is 70.6 Å². The number of halogens is 4. The second-order valence-electron chi connectivity index (χ2n) is 3.48. The van der Waals surface area contributed by atoms with Crippen LogP contribution in [0.3, 0.4) is 0 Å². The van der Waals surface area contributed by atoms with E-state index < -0.39 is 24.5 Å². The molecule has 0 spiro atoms. The van der Waals surface area contributed by atoms with Gasteiger partial charge in [0.2, 0.25) is 0 Å². The largest absolute Gasteiger partial charge is 0.409 e. The van der Waals surface area contributed by atoms with Gasteiger partial charge in [-0.2, -0.15) is 13.2 Å². The molecule has 0 radical (unpaired) electrons. The van der Waals surface area contributed by atoms with Crippen molar-refractivity contribution in [1.82, 2.24) is 0 Å². The Kier molecular flexibility index (Phi) is 4.83. The van der Waals surface area contributed by atoms with Crippen LogP contribution in [0, 0.1) is 5.92 Å². The molecule has 0 aromatic heterocycles. The second kappa shape index (κ2) is 5.94. The molecule has 0 aliphatic rings. The first-order valence-electron chi connectivity index (χ1n) is 4.88. The number of oxime groups is 1. The van der Waals surface area contributed by atoms with Gasteiger partial charge in [-0.25, -0.2) is 0 Å². The van der Waals surface area contributed by atoms with Crippen molar-refractivity contribution in [3.63, 3.8) is 0 Å². The molecule has 0 amide bonds. The highest BCUT2D eigenvalue weighted by Crippen LogP contribution is 2.28. The summed E-state index contributed by atoms with van der Waals surface area (Å²) in [5.41, 5.74) is 5.53. The third-order valence-corrected chi connectivity index (χ3v) is 2.93. The van der Waals surface area contributed by atoms with Gasteiger partial charge < -0.3 is 16.3 Å². The molecule has 0 aliphatic carbocycles. The van der Waals surface area contributed by atoms with E-state index in [4.69, 9.17) is 10.9 Å². The van der Waals surface area contributed by atoms with Crippen LogP contribution in [0.15, 0.2) is 33.9 Å². The van der Waals surface area contributed by atoms with Gasteiger partial charge in [-0.1, -0.05) is 17.3 Å². The number of para-hydroxylation sites is 1. The van der Waals surface area contributed by atoms with Crippen molar-refractivity contribution in [1.29, 1.82) is 0 Å². The van der Waals surface area contributed by atoms with Crippen LogP contribution in [-0.2, 0) is 0 Å². The van der Waals surface area contributed by atoms with Crippen molar-refractivity contribution < 1.29 is 18.4 Å². The van der Waals surface area contributed by atoms with E-state index in [0.29, 0.717) is 10.2 Å². The van der Waals surface area contributed by atoms with Crippen LogP contribution in [0.5, 0.6) is 0 Å². The molecule has 0 saturated heterocycles. The highest BCUT2D eigenvalue weighted by atomic mass is 79.9. The molecular formula is C10H11BrF3N3O. The van der Waals surface area contributed by atoms with Crippen molar-refractivity contribution >= 4 is 27.5 Å². The van der Waals surface area contributed by atoms with E-state index in [1.165, 1.54) is 0 Å². The zero-order valence-corrected chi connectivity index (χ0v) is 10.7. The zero-order valence-electron chi connectivity index (χ0n) is 9.08. The lowest BCUT2D eigenvalue weighted by Crippen LogP contribution is -2.40. The zero-order chi connectivity index (χ0) is 13.8. The number of hydrogen-bond donors (Lipinski definition) is 3. The van der Waals surface area contributed by atoms with E-state index in [2.05, 4.69) is 26.4 Å². The summed E-state index contributed by atoms with van der Waals surface area (Å²) in [5, 5.41) is 13.4. The van der Waals surface area contributed by atoms with Crippen LogP contribution < -0.4 is 11.1 Å². The van der Waals surface area contributed by atoms with Gasteiger partial charge in [0.25, 0.3) is 0 Å². The van der Waals surface area contributed by atoms with Crippen LogP contribution in [-0.4, -0.2) is 23.8 Å². The first-order chi connectivity index (χ1) is 8.36. The molecule has 0 bridgehead atoms. The number of amidine groups is 1. The maximum atomic E-state index is 12.6. The van der Waals surface area contributed by atoms with Crippen molar-refractivity contribution in [3.05, 3.63) is 28.7 Å². The van der Waals surface area contributed by atoms with Crippen molar-refractivity contribution in [2.24, 2.45) is 16.8 Å². The van der Waals surface area contributed by atoms with Gasteiger partial charge in [-0.3, -0.25) is 0 Å². The normalized spacial score (nSPS) is 14.3. The van der Waals surface area contributed by atoms with E-state index in [-0.39, 0.29) is 0 Å². The molecule has 1 rings (SSSR count). The molecule has 8 heteroatoms. The third kappa shape index (κ3) is 3.80. The Labute approximate surface area is 110 Å². The van der Waals surface area contributed by atoms with E-state index in [1.54, 1.807) is 24.3 Å². The van der Waals surface area contributed by atoms with Crippen LogP contribution >= 0.6 is 15.9 Å². The fourth-order valence-corrected chi connectivity index (χ4v) is 1.70. The second-order valence-corrected chi connectivity index (χ2v) is 4.33. The molecule has 100 valence electrons. The Morgan fingerprint density at radius 3 is 2.56 bits per heavy atom. The number of nitrogens with two attached hydrogens (primary N) is 1. The molecule has 4 N–H and O–H groups in total. The Balaban J connectivity index is 2.78. The van der Waals surface area contributed by atoms with E-state index in [0.717, 1.165) is 0 Å². The highest BCUT2D eigenvalue weighted by Gasteiger charge is 2.42. The number of benzene rings is 1. The summed E-state index contributed by atoms with van der Waals surface area (Å²) < 4.78 is 38.5. The number of nitrogens with zero attached hydrogens (tertiary/aromatic N) is 1. The minimum Gasteiger partial charge on any atom is -0.409 e. The van der Waals surface area contributed by atoms with E-state index >= 15 is 0 Å². The number of alkyl halides is 3. The molecule has 0 saturated carbocycles. The lowest BCUT2D eigenvalue weighted by molar-refractivity contribution is -0.152. The molecule has 18 heavy (non-hydrogen) atoms. The molecule has 1 unspecified atom stereocenters. The monoisotopic (exact) mass is 325 g/mol. The third-order valence-electron chi connectivity index (χ3n) is 2.24. The Morgan fingerprint density at radius 1 is 1.44 bits per heavy atom. The standard InChI is InChI=1S/C10H11BrF3N3O/c11-7-3-1-2-4-8(7)16-5-6(9(15)17-18)10(12,13)14/h1-4,6,16,18H,5H2,(H2,15,17). The molecule has 0 aliphatic heterocycles. The van der Waals surface area contributed by atoms with E-state index in [1.807, 2.05) is 0 Å². The van der Waals surface area contributed by atoms with Gasteiger partial charge in [0.15, 0.2) is 5.84 Å². The van der Waals surface area contributed by atoms with E-state index in [9.17, 15) is 13.2 Å². The smallest absolute Gasteiger partial charge is 0.400 e. The molecule has 1 atom stereocenters. The van der Waals surface area contributed by atoms with Crippen LogP contribution in [0.25, 0.3) is 0 Å². The number of nitrogens with one attached hydrogen (secondary N) is 1. The predicted octanol–water partition coefficient (Wildman–Crippen LogP) is 2.79. The fraction of sp³-hybridized carbons (Fsp3) is 0.300. The summed E-state index contributed by atoms with van der Waals surface area (Å²) in [6, 6.07) is 6.72. The van der Waals surface area contributed by atoms with Crippen molar-refractivity contribution in [3.8, 4) is 0 Å². The fourth-order valence-electron chi connectivity index (χ4n) is 1.27. The summed E-state index contributed by atoms with van der Waals surface area (Å²) in [6.45, 7) is -0.512. The Hall–Kier alpha value is -1.44. The van der Waals surface area contributed by atoms with Crippen LogP contribution in [0.4, 0.5) is 18.9 Å². The SMILES string of the molecule is N/C(=N/O)C(CNc1ccccc1Br)C(F)(F)F. The maximum absolute atomic E-state index is 12.6. The summed E-state index contributed by atoms with van der Waals surface area (Å²) in [7, 11) is 0. The molecule has 1 aromatic carbocycles. The Morgan fingerprint density at radius 2 is 2.06 bits per heavy atom. The van der Waals surface area contributed by atoms with Gasteiger partial charge in [0.05, 0.1) is 0 Å². The number of rotatable bonds is 4.